The van der Waals surface area contributed by atoms with Crippen LogP contribution in [0.2, 0.25) is 0 Å². The third-order valence-electron chi connectivity index (χ3n) is 1.69. The van der Waals surface area contributed by atoms with E-state index in [9.17, 15) is 4.79 Å². The summed E-state index contributed by atoms with van der Waals surface area (Å²) in [6.45, 7) is 5.53. The minimum Gasteiger partial charge on any atom is -0.370 e. The molecule has 64 valence electrons. The van der Waals surface area contributed by atoms with Crippen molar-refractivity contribution in [1.82, 2.24) is 0 Å². The van der Waals surface area contributed by atoms with E-state index in [2.05, 4.69) is 4.99 Å². The molecule has 4 heteroatoms. The lowest BCUT2D eigenvalue weighted by atomic mass is 9.90. The van der Waals surface area contributed by atoms with Gasteiger partial charge in [-0.1, -0.05) is 20.8 Å². The molecule has 0 rings (SSSR count). The molecule has 0 aliphatic carbocycles. The third kappa shape index (κ3) is 3.02. The fraction of sp³-hybridized carbons (Fsp3) is 0.714. The Labute approximate surface area is 66.7 Å². The summed E-state index contributed by atoms with van der Waals surface area (Å²) in [5.41, 5.74) is 9.65. The molecule has 0 aliphatic rings. The number of carbonyl (C=O) groups excluding carboxylic acids is 1. The first-order valence-corrected chi connectivity index (χ1v) is 3.54. The van der Waals surface area contributed by atoms with Crippen LogP contribution in [0.4, 0.5) is 0 Å². The topological polar surface area (TPSA) is 81.5 Å². The van der Waals surface area contributed by atoms with E-state index in [1.165, 1.54) is 0 Å². The third-order valence-corrected chi connectivity index (χ3v) is 1.69. The molecule has 0 bridgehead atoms. The SMILES string of the molecule is CCC(C)(C)C(=O)N=C(N)N. The van der Waals surface area contributed by atoms with Crippen LogP contribution in [0.1, 0.15) is 27.2 Å². The number of aliphatic imine (C=N–C) groups is 1. The highest BCUT2D eigenvalue weighted by atomic mass is 16.1. The van der Waals surface area contributed by atoms with Crippen molar-refractivity contribution in [2.45, 2.75) is 27.2 Å². The van der Waals surface area contributed by atoms with E-state index in [0.29, 0.717) is 0 Å². The molecule has 0 aromatic heterocycles. The maximum atomic E-state index is 11.2. The van der Waals surface area contributed by atoms with E-state index >= 15 is 0 Å². The van der Waals surface area contributed by atoms with Crippen molar-refractivity contribution in [2.75, 3.05) is 0 Å². The Morgan fingerprint density at radius 2 is 1.91 bits per heavy atom. The highest BCUT2D eigenvalue weighted by Gasteiger charge is 2.24. The first-order chi connectivity index (χ1) is 4.90. The average Bonchev–Trinajstić information content (AvgIpc) is 1.86. The molecule has 4 N–H and O–H groups in total. The predicted octanol–water partition coefficient (Wildman–Crippen LogP) is 0.223. The number of hydrogen-bond donors (Lipinski definition) is 2. The van der Waals surface area contributed by atoms with Gasteiger partial charge in [0, 0.05) is 5.41 Å². The number of rotatable bonds is 2. The van der Waals surface area contributed by atoms with E-state index in [-0.39, 0.29) is 11.9 Å². The number of guanidine groups is 1. The molecule has 0 unspecified atom stereocenters. The zero-order valence-corrected chi connectivity index (χ0v) is 7.22. The van der Waals surface area contributed by atoms with Crippen molar-refractivity contribution in [1.29, 1.82) is 0 Å². The van der Waals surface area contributed by atoms with Crippen LogP contribution in [0.25, 0.3) is 0 Å². The van der Waals surface area contributed by atoms with Crippen molar-refractivity contribution in [3.63, 3.8) is 0 Å². The van der Waals surface area contributed by atoms with Crippen LogP contribution in [0.15, 0.2) is 4.99 Å². The number of nitrogens with zero attached hydrogens (tertiary/aromatic N) is 1. The van der Waals surface area contributed by atoms with E-state index in [0.717, 1.165) is 6.42 Å². The number of carbonyl (C=O) groups is 1. The van der Waals surface area contributed by atoms with Gasteiger partial charge < -0.3 is 11.5 Å². The molecule has 11 heavy (non-hydrogen) atoms. The van der Waals surface area contributed by atoms with Crippen LogP contribution in [0.3, 0.4) is 0 Å². The standard InChI is InChI=1S/C7H15N3O/c1-4-7(2,3)5(11)10-6(8)9/h4H2,1-3H3,(H4,8,9,10,11). The Morgan fingerprint density at radius 3 is 2.18 bits per heavy atom. The zero-order valence-electron chi connectivity index (χ0n) is 7.22. The first-order valence-electron chi connectivity index (χ1n) is 3.54. The summed E-state index contributed by atoms with van der Waals surface area (Å²) >= 11 is 0. The molecule has 1 amide bonds. The van der Waals surface area contributed by atoms with Gasteiger partial charge in [0.05, 0.1) is 0 Å². The monoisotopic (exact) mass is 157 g/mol. The highest BCUT2D eigenvalue weighted by molar-refractivity contribution is 5.94. The predicted molar refractivity (Wildman–Crippen MR) is 44.9 cm³/mol. The fourth-order valence-corrected chi connectivity index (χ4v) is 0.420. The lowest BCUT2D eigenvalue weighted by molar-refractivity contribution is -0.125. The number of amides is 1. The molecule has 0 aromatic rings. The molecule has 0 heterocycles. The number of nitrogens with two attached hydrogens (primary N) is 2. The summed E-state index contributed by atoms with van der Waals surface area (Å²) in [5.74, 6) is -0.434. The van der Waals surface area contributed by atoms with Crippen LogP contribution in [0, 0.1) is 5.41 Å². The summed E-state index contributed by atoms with van der Waals surface area (Å²) < 4.78 is 0. The smallest absolute Gasteiger partial charge is 0.254 e. The molecule has 0 saturated carbocycles. The molecule has 0 aliphatic heterocycles. The van der Waals surface area contributed by atoms with Crippen molar-refractivity contribution < 1.29 is 4.79 Å². The van der Waals surface area contributed by atoms with Gasteiger partial charge in [0.2, 0.25) is 0 Å². The largest absolute Gasteiger partial charge is 0.370 e. The van der Waals surface area contributed by atoms with Gasteiger partial charge in [0.1, 0.15) is 0 Å². The normalized spacial score (nSPS) is 10.8. The second-order valence-electron chi connectivity index (χ2n) is 3.08. The van der Waals surface area contributed by atoms with Crippen molar-refractivity contribution >= 4 is 11.9 Å². The molecule has 0 saturated heterocycles. The number of hydrogen-bond acceptors (Lipinski definition) is 1. The van der Waals surface area contributed by atoms with Gasteiger partial charge in [-0.05, 0) is 6.42 Å². The Bertz CT molecular complexity index is 180. The average molecular weight is 157 g/mol. The van der Waals surface area contributed by atoms with Crippen LogP contribution in [0.5, 0.6) is 0 Å². The zero-order chi connectivity index (χ0) is 9.07. The van der Waals surface area contributed by atoms with Gasteiger partial charge in [-0.15, -0.1) is 0 Å². The van der Waals surface area contributed by atoms with E-state index in [4.69, 9.17) is 11.5 Å². The molecule has 0 atom stereocenters. The summed E-state index contributed by atoms with van der Waals surface area (Å²) in [4.78, 5) is 14.6. The maximum Gasteiger partial charge on any atom is 0.254 e. The molecule has 4 nitrogen and oxygen atoms in total. The highest BCUT2D eigenvalue weighted by Crippen LogP contribution is 2.20. The lowest BCUT2D eigenvalue weighted by Gasteiger charge is -2.16. The van der Waals surface area contributed by atoms with Gasteiger partial charge in [-0.2, -0.15) is 4.99 Å². The summed E-state index contributed by atoms with van der Waals surface area (Å²) in [5, 5.41) is 0. The Balaban J connectivity index is 4.37. The summed E-state index contributed by atoms with van der Waals surface area (Å²) in [6.07, 6.45) is 0.725. The maximum absolute atomic E-state index is 11.2. The van der Waals surface area contributed by atoms with E-state index in [1.54, 1.807) is 0 Å². The van der Waals surface area contributed by atoms with Gasteiger partial charge in [-0.25, -0.2) is 0 Å². The van der Waals surface area contributed by atoms with Crippen molar-refractivity contribution in [2.24, 2.45) is 21.9 Å². The minimum atomic E-state index is -0.454. The van der Waals surface area contributed by atoms with Gasteiger partial charge in [0.15, 0.2) is 5.96 Å². The Kier molecular flexibility index (Phi) is 3.04. The van der Waals surface area contributed by atoms with Crippen LogP contribution in [-0.4, -0.2) is 11.9 Å². The molecular weight excluding hydrogens is 142 g/mol. The van der Waals surface area contributed by atoms with Crippen LogP contribution < -0.4 is 11.5 Å². The molecule has 0 radical (unpaired) electrons. The first kappa shape index (κ1) is 9.94. The van der Waals surface area contributed by atoms with Crippen molar-refractivity contribution in [3.8, 4) is 0 Å². The van der Waals surface area contributed by atoms with E-state index in [1.807, 2.05) is 20.8 Å². The molecule has 0 fully saturated rings. The Hall–Kier alpha value is -1.06. The van der Waals surface area contributed by atoms with Crippen molar-refractivity contribution in [3.05, 3.63) is 0 Å². The van der Waals surface area contributed by atoms with E-state index < -0.39 is 5.41 Å². The molecular formula is C7H15N3O. The summed E-state index contributed by atoms with van der Waals surface area (Å²) in [7, 11) is 0. The lowest BCUT2D eigenvalue weighted by Crippen LogP contribution is -2.29. The summed E-state index contributed by atoms with van der Waals surface area (Å²) in [6, 6.07) is 0. The van der Waals surface area contributed by atoms with Gasteiger partial charge in [-0.3, -0.25) is 4.79 Å². The molecule has 0 aromatic carbocycles. The second-order valence-corrected chi connectivity index (χ2v) is 3.08. The second kappa shape index (κ2) is 3.37. The molecule has 0 spiro atoms. The fourth-order valence-electron chi connectivity index (χ4n) is 0.420. The Morgan fingerprint density at radius 1 is 1.45 bits per heavy atom. The quantitative estimate of drug-likeness (QED) is 0.444. The van der Waals surface area contributed by atoms with Crippen LogP contribution >= 0.6 is 0 Å². The van der Waals surface area contributed by atoms with Gasteiger partial charge in [0.25, 0.3) is 5.91 Å². The minimum absolute atomic E-state index is 0.170. The van der Waals surface area contributed by atoms with Gasteiger partial charge >= 0.3 is 0 Å². The van der Waals surface area contributed by atoms with Crippen LogP contribution in [-0.2, 0) is 4.79 Å².